The molecule has 0 amide bonds. The average molecular weight is 234 g/mol. The van der Waals surface area contributed by atoms with Crippen molar-refractivity contribution in [1.82, 2.24) is 20.2 Å². The van der Waals surface area contributed by atoms with Crippen molar-refractivity contribution in [3.8, 4) is 11.4 Å². The number of hydrogen-bond donors (Lipinski definition) is 2. The van der Waals surface area contributed by atoms with Gasteiger partial charge in [0.2, 0.25) is 0 Å². The van der Waals surface area contributed by atoms with E-state index in [-0.39, 0.29) is 11.6 Å². The summed E-state index contributed by atoms with van der Waals surface area (Å²) >= 11 is 0. The number of phenolic OH excluding ortho intramolecular Hbond substituents is 1. The summed E-state index contributed by atoms with van der Waals surface area (Å²) in [6, 6.07) is 6.44. The van der Waals surface area contributed by atoms with Crippen LogP contribution in [0.5, 0.6) is 5.75 Å². The van der Waals surface area contributed by atoms with Crippen LogP contribution in [0.2, 0.25) is 0 Å². The molecule has 0 radical (unpaired) electrons. The zero-order valence-electron chi connectivity index (χ0n) is 8.98. The average Bonchev–Trinajstić information content (AvgIpc) is 2.77. The number of rotatable bonds is 3. The number of phenols is 1. The summed E-state index contributed by atoms with van der Waals surface area (Å²) in [6.45, 7) is 1.48. The highest BCUT2D eigenvalue weighted by atomic mass is 16.4. The normalized spacial score (nSPS) is 12.3. The molecule has 0 saturated heterocycles. The number of nitrogens with zero attached hydrogens (tertiary/aromatic N) is 4. The largest absolute Gasteiger partial charge is 0.506 e. The molecular formula is C10H10N4O3. The standard InChI is InChI=1S/C10H10N4O3/c1-6(10(16)17)9-11-12-13-14(9)7-4-2-3-5-8(7)15/h2-6,15H,1H3,(H,16,17). The van der Waals surface area contributed by atoms with Crippen LogP contribution in [0.25, 0.3) is 5.69 Å². The van der Waals surface area contributed by atoms with Crippen LogP contribution in [0, 0.1) is 0 Å². The Labute approximate surface area is 96.3 Å². The second-order valence-corrected chi connectivity index (χ2v) is 3.50. The summed E-state index contributed by atoms with van der Waals surface area (Å²) in [7, 11) is 0. The lowest BCUT2D eigenvalue weighted by Crippen LogP contribution is -2.14. The Bertz CT molecular complexity index is 552. The number of carboxylic acids is 1. The minimum absolute atomic E-state index is 0.0151. The maximum absolute atomic E-state index is 10.9. The van der Waals surface area contributed by atoms with Crippen molar-refractivity contribution in [1.29, 1.82) is 0 Å². The van der Waals surface area contributed by atoms with Gasteiger partial charge < -0.3 is 10.2 Å². The van der Waals surface area contributed by atoms with Crippen LogP contribution in [-0.4, -0.2) is 36.4 Å². The molecule has 0 aliphatic heterocycles. The van der Waals surface area contributed by atoms with E-state index >= 15 is 0 Å². The first-order chi connectivity index (χ1) is 8.11. The minimum atomic E-state index is -1.03. The van der Waals surface area contributed by atoms with Crippen LogP contribution in [0.15, 0.2) is 24.3 Å². The van der Waals surface area contributed by atoms with Gasteiger partial charge in [-0.2, -0.15) is 4.68 Å². The lowest BCUT2D eigenvalue weighted by atomic mass is 10.1. The molecule has 0 bridgehead atoms. The summed E-state index contributed by atoms with van der Waals surface area (Å²) in [6.07, 6.45) is 0. The van der Waals surface area contributed by atoms with E-state index in [0.717, 1.165) is 0 Å². The van der Waals surface area contributed by atoms with Gasteiger partial charge in [0.25, 0.3) is 0 Å². The second-order valence-electron chi connectivity index (χ2n) is 3.50. The van der Waals surface area contributed by atoms with Crippen molar-refractivity contribution in [2.24, 2.45) is 0 Å². The molecular weight excluding hydrogens is 224 g/mol. The monoisotopic (exact) mass is 234 g/mol. The third kappa shape index (κ3) is 1.94. The van der Waals surface area contributed by atoms with Gasteiger partial charge in [0.1, 0.15) is 17.4 Å². The summed E-state index contributed by atoms with van der Waals surface area (Å²) in [5.74, 6) is -1.74. The van der Waals surface area contributed by atoms with Gasteiger partial charge in [0, 0.05) is 0 Å². The highest BCUT2D eigenvalue weighted by Gasteiger charge is 2.22. The molecule has 88 valence electrons. The van der Waals surface area contributed by atoms with E-state index in [1.54, 1.807) is 18.2 Å². The van der Waals surface area contributed by atoms with Crippen molar-refractivity contribution in [3.05, 3.63) is 30.1 Å². The summed E-state index contributed by atoms with van der Waals surface area (Å²) in [5.41, 5.74) is 0.348. The summed E-state index contributed by atoms with van der Waals surface area (Å²) in [5, 5.41) is 29.4. The first kappa shape index (κ1) is 11.1. The minimum Gasteiger partial charge on any atom is -0.506 e. The van der Waals surface area contributed by atoms with Crippen molar-refractivity contribution in [3.63, 3.8) is 0 Å². The lowest BCUT2D eigenvalue weighted by molar-refractivity contribution is -0.138. The van der Waals surface area contributed by atoms with Crippen LogP contribution < -0.4 is 0 Å². The topological polar surface area (TPSA) is 101 Å². The zero-order chi connectivity index (χ0) is 12.4. The summed E-state index contributed by atoms with van der Waals surface area (Å²) < 4.78 is 1.22. The van der Waals surface area contributed by atoms with Crippen LogP contribution in [0.4, 0.5) is 0 Å². The molecule has 2 rings (SSSR count). The third-order valence-corrected chi connectivity index (χ3v) is 2.36. The molecule has 1 atom stereocenters. The first-order valence-corrected chi connectivity index (χ1v) is 4.90. The number of tetrazole rings is 1. The predicted octanol–water partition coefficient (Wildman–Crippen LogP) is 0.556. The maximum atomic E-state index is 10.9. The number of hydrogen-bond acceptors (Lipinski definition) is 5. The lowest BCUT2D eigenvalue weighted by Gasteiger charge is -2.08. The molecule has 17 heavy (non-hydrogen) atoms. The number of carbonyl (C=O) groups is 1. The quantitative estimate of drug-likeness (QED) is 0.804. The Morgan fingerprint density at radius 3 is 2.76 bits per heavy atom. The number of aromatic nitrogens is 4. The highest BCUT2D eigenvalue weighted by molar-refractivity contribution is 5.74. The van der Waals surface area contributed by atoms with E-state index in [1.165, 1.54) is 17.7 Å². The van der Waals surface area contributed by atoms with Crippen LogP contribution >= 0.6 is 0 Å². The zero-order valence-corrected chi connectivity index (χ0v) is 8.98. The summed E-state index contributed by atoms with van der Waals surface area (Å²) in [4.78, 5) is 10.9. The molecule has 2 aromatic rings. The van der Waals surface area contributed by atoms with Gasteiger partial charge in [-0.15, -0.1) is 5.10 Å². The molecule has 2 N–H and O–H groups in total. The fraction of sp³-hybridized carbons (Fsp3) is 0.200. The van der Waals surface area contributed by atoms with Gasteiger partial charge in [-0.1, -0.05) is 12.1 Å². The molecule has 0 fully saturated rings. The Morgan fingerprint density at radius 1 is 1.41 bits per heavy atom. The van der Waals surface area contributed by atoms with Crippen molar-refractivity contribution in [2.45, 2.75) is 12.8 Å². The number of carboxylic acid groups (broad SMARTS) is 1. The van der Waals surface area contributed by atoms with E-state index in [0.29, 0.717) is 5.69 Å². The molecule has 0 spiro atoms. The van der Waals surface area contributed by atoms with Gasteiger partial charge in [0.15, 0.2) is 5.82 Å². The van der Waals surface area contributed by atoms with Crippen LogP contribution in [0.1, 0.15) is 18.7 Å². The fourth-order valence-electron chi connectivity index (χ4n) is 1.39. The fourth-order valence-corrected chi connectivity index (χ4v) is 1.39. The molecule has 1 heterocycles. The molecule has 1 aromatic heterocycles. The molecule has 1 aromatic carbocycles. The van der Waals surface area contributed by atoms with Crippen LogP contribution in [-0.2, 0) is 4.79 Å². The number of benzene rings is 1. The Kier molecular flexibility index (Phi) is 2.73. The van der Waals surface area contributed by atoms with Gasteiger partial charge in [-0.05, 0) is 29.5 Å². The van der Waals surface area contributed by atoms with Crippen molar-refractivity contribution < 1.29 is 15.0 Å². The Hall–Kier alpha value is -2.44. The number of aromatic hydroxyl groups is 1. The smallest absolute Gasteiger partial charge is 0.314 e. The number of aliphatic carboxylic acids is 1. The SMILES string of the molecule is CC(C(=O)O)c1nnnn1-c1ccccc1O. The molecule has 1 unspecified atom stereocenters. The molecule has 0 saturated carbocycles. The van der Waals surface area contributed by atoms with E-state index < -0.39 is 11.9 Å². The molecule has 7 nitrogen and oxygen atoms in total. The van der Waals surface area contributed by atoms with Gasteiger partial charge in [0.05, 0.1) is 0 Å². The van der Waals surface area contributed by atoms with Gasteiger partial charge in [-0.25, -0.2) is 0 Å². The predicted molar refractivity (Wildman–Crippen MR) is 56.9 cm³/mol. The highest BCUT2D eigenvalue weighted by Crippen LogP contribution is 2.23. The second kappa shape index (κ2) is 4.20. The van der Waals surface area contributed by atoms with E-state index in [9.17, 15) is 9.90 Å². The molecule has 0 aliphatic rings. The third-order valence-electron chi connectivity index (χ3n) is 2.36. The molecule has 0 aliphatic carbocycles. The van der Waals surface area contributed by atoms with Gasteiger partial charge >= 0.3 is 5.97 Å². The van der Waals surface area contributed by atoms with Gasteiger partial charge in [-0.3, -0.25) is 4.79 Å². The van der Waals surface area contributed by atoms with Crippen molar-refractivity contribution >= 4 is 5.97 Å². The molecule has 7 heteroatoms. The Morgan fingerprint density at radius 2 is 2.12 bits per heavy atom. The van der Waals surface area contributed by atoms with E-state index in [4.69, 9.17) is 5.11 Å². The van der Waals surface area contributed by atoms with Crippen LogP contribution in [0.3, 0.4) is 0 Å². The first-order valence-electron chi connectivity index (χ1n) is 4.90. The number of para-hydroxylation sites is 2. The maximum Gasteiger partial charge on any atom is 0.314 e. The van der Waals surface area contributed by atoms with Crippen molar-refractivity contribution in [2.75, 3.05) is 0 Å². The Balaban J connectivity index is 2.51. The van der Waals surface area contributed by atoms with E-state index in [2.05, 4.69) is 15.5 Å². The van der Waals surface area contributed by atoms with E-state index in [1.807, 2.05) is 0 Å².